The molecule has 1 aromatic heterocycles. The lowest BCUT2D eigenvalue weighted by Crippen LogP contribution is -2.24. The first-order valence-electron chi connectivity index (χ1n) is 5.47. The average Bonchev–Trinajstić information content (AvgIpc) is 2.84. The summed E-state index contributed by atoms with van der Waals surface area (Å²) < 4.78 is 4.20. The number of anilines is 1. The van der Waals surface area contributed by atoms with Crippen LogP contribution < -0.4 is 4.90 Å². The minimum Gasteiger partial charge on any atom is -0.393 e. The Bertz CT molecular complexity index is 367. The lowest BCUT2D eigenvalue weighted by atomic mass is 10.00. The molecule has 1 aliphatic carbocycles. The Morgan fingerprint density at radius 3 is 2.93 bits per heavy atom. The number of aryl methyl sites for hydroxylation is 1. The van der Waals surface area contributed by atoms with E-state index in [1.165, 1.54) is 18.0 Å². The quantitative estimate of drug-likeness (QED) is 0.776. The molecular formula is C10H15N3OS. The van der Waals surface area contributed by atoms with Gasteiger partial charge in [0.25, 0.3) is 0 Å². The second-order valence-corrected chi connectivity index (χ2v) is 5.33. The summed E-state index contributed by atoms with van der Waals surface area (Å²) in [5, 5.41) is 10.8. The molecule has 5 heteroatoms. The van der Waals surface area contributed by atoms with Gasteiger partial charge in [0, 0.05) is 30.5 Å². The minimum atomic E-state index is -0.0889. The standard InChI is InChI=1S/C10H15N3OS/c1-6-11-10(15-12-6)13-4-7-2-3-9(14)8(7)5-13/h7-9,14H,2-5H2,1H3. The SMILES string of the molecule is Cc1nsc(N2CC3CCC(O)C3C2)n1. The minimum absolute atomic E-state index is 0.0889. The average molecular weight is 225 g/mol. The van der Waals surface area contributed by atoms with E-state index in [2.05, 4.69) is 14.3 Å². The summed E-state index contributed by atoms with van der Waals surface area (Å²) in [6.45, 7) is 3.93. The molecule has 15 heavy (non-hydrogen) atoms. The maximum Gasteiger partial charge on any atom is 0.205 e. The van der Waals surface area contributed by atoms with Crippen molar-refractivity contribution in [3.05, 3.63) is 5.82 Å². The lowest BCUT2D eigenvalue weighted by molar-refractivity contribution is 0.133. The summed E-state index contributed by atoms with van der Waals surface area (Å²) in [6, 6.07) is 0. The van der Waals surface area contributed by atoms with Gasteiger partial charge in [-0.15, -0.1) is 0 Å². The zero-order valence-electron chi connectivity index (χ0n) is 8.76. The maximum atomic E-state index is 9.81. The van der Waals surface area contributed by atoms with Gasteiger partial charge < -0.3 is 10.0 Å². The second kappa shape index (κ2) is 3.42. The highest BCUT2D eigenvalue weighted by molar-refractivity contribution is 7.09. The maximum absolute atomic E-state index is 9.81. The summed E-state index contributed by atoms with van der Waals surface area (Å²) in [5.74, 6) is 1.99. The normalized spacial score (nSPS) is 34.8. The third kappa shape index (κ3) is 1.54. The van der Waals surface area contributed by atoms with Crippen molar-refractivity contribution in [3.63, 3.8) is 0 Å². The van der Waals surface area contributed by atoms with Crippen molar-refractivity contribution in [2.75, 3.05) is 18.0 Å². The van der Waals surface area contributed by atoms with Gasteiger partial charge in [0.05, 0.1) is 6.10 Å². The van der Waals surface area contributed by atoms with Crippen LogP contribution in [0.4, 0.5) is 5.13 Å². The number of hydrogen-bond donors (Lipinski definition) is 1. The molecule has 1 aromatic rings. The topological polar surface area (TPSA) is 49.2 Å². The van der Waals surface area contributed by atoms with Crippen molar-refractivity contribution < 1.29 is 5.11 Å². The number of hydrogen-bond acceptors (Lipinski definition) is 5. The Morgan fingerprint density at radius 1 is 1.40 bits per heavy atom. The van der Waals surface area contributed by atoms with Crippen LogP contribution in [-0.2, 0) is 0 Å². The number of fused-ring (bicyclic) bond motifs is 1. The monoisotopic (exact) mass is 225 g/mol. The van der Waals surface area contributed by atoms with Gasteiger partial charge in [0.1, 0.15) is 5.82 Å². The predicted molar refractivity (Wildman–Crippen MR) is 59.1 cm³/mol. The highest BCUT2D eigenvalue weighted by Crippen LogP contribution is 2.40. The van der Waals surface area contributed by atoms with E-state index in [9.17, 15) is 5.11 Å². The van der Waals surface area contributed by atoms with Crippen molar-refractivity contribution in [1.82, 2.24) is 9.36 Å². The summed E-state index contributed by atoms with van der Waals surface area (Å²) >= 11 is 1.47. The highest BCUT2D eigenvalue weighted by atomic mass is 32.1. The Hall–Kier alpha value is -0.680. The molecule has 3 rings (SSSR count). The molecular weight excluding hydrogens is 210 g/mol. The van der Waals surface area contributed by atoms with E-state index in [1.807, 2.05) is 6.92 Å². The summed E-state index contributed by atoms with van der Waals surface area (Å²) in [4.78, 5) is 6.68. The van der Waals surface area contributed by atoms with Gasteiger partial charge >= 0.3 is 0 Å². The van der Waals surface area contributed by atoms with Crippen LogP contribution in [-0.4, -0.2) is 33.7 Å². The fourth-order valence-corrected chi connectivity index (χ4v) is 3.50. The van der Waals surface area contributed by atoms with Crippen LogP contribution in [0.25, 0.3) is 0 Å². The van der Waals surface area contributed by atoms with E-state index in [1.54, 1.807) is 0 Å². The van der Waals surface area contributed by atoms with Crippen LogP contribution in [0.2, 0.25) is 0 Å². The molecule has 0 bridgehead atoms. The van der Waals surface area contributed by atoms with Gasteiger partial charge in [0.15, 0.2) is 0 Å². The summed E-state index contributed by atoms with van der Waals surface area (Å²) in [5.41, 5.74) is 0. The largest absolute Gasteiger partial charge is 0.393 e. The molecule has 2 heterocycles. The Kier molecular flexibility index (Phi) is 2.17. The Balaban J connectivity index is 1.77. The molecule has 1 saturated heterocycles. The molecule has 2 fully saturated rings. The molecule has 0 amide bonds. The second-order valence-electron chi connectivity index (χ2n) is 4.60. The third-order valence-electron chi connectivity index (χ3n) is 3.61. The van der Waals surface area contributed by atoms with Gasteiger partial charge in [0.2, 0.25) is 5.13 Å². The highest BCUT2D eigenvalue weighted by Gasteiger charge is 2.42. The number of aromatic nitrogens is 2. The molecule has 1 aliphatic heterocycles. The molecule has 0 radical (unpaired) electrons. The van der Waals surface area contributed by atoms with Gasteiger partial charge in [-0.1, -0.05) is 0 Å². The van der Waals surface area contributed by atoms with E-state index < -0.39 is 0 Å². The van der Waals surface area contributed by atoms with Gasteiger partial charge in [-0.2, -0.15) is 4.37 Å². The van der Waals surface area contributed by atoms with Crippen molar-refractivity contribution in [2.24, 2.45) is 11.8 Å². The van der Waals surface area contributed by atoms with Crippen molar-refractivity contribution in [1.29, 1.82) is 0 Å². The summed E-state index contributed by atoms with van der Waals surface area (Å²) in [6.07, 6.45) is 2.06. The fourth-order valence-electron chi connectivity index (χ4n) is 2.81. The van der Waals surface area contributed by atoms with Crippen molar-refractivity contribution >= 4 is 16.7 Å². The first-order valence-corrected chi connectivity index (χ1v) is 6.24. The number of aliphatic hydroxyl groups excluding tert-OH is 1. The van der Waals surface area contributed by atoms with Gasteiger partial charge in [-0.05, 0) is 25.7 Å². The van der Waals surface area contributed by atoms with E-state index in [0.717, 1.165) is 30.5 Å². The van der Waals surface area contributed by atoms with E-state index in [4.69, 9.17) is 0 Å². The van der Waals surface area contributed by atoms with Gasteiger partial charge in [-0.3, -0.25) is 0 Å². The van der Waals surface area contributed by atoms with E-state index in [-0.39, 0.29) is 6.10 Å². The zero-order valence-corrected chi connectivity index (χ0v) is 9.57. The van der Waals surface area contributed by atoms with E-state index in [0.29, 0.717) is 11.8 Å². The smallest absolute Gasteiger partial charge is 0.205 e. The third-order valence-corrected chi connectivity index (χ3v) is 4.47. The van der Waals surface area contributed by atoms with Crippen LogP contribution in [0.1, 0.15) is 18.7 Å². The number of rotatable bonds is 1. The molecule has 1 saturated carbocycles. The molecule has 1 N–H and O–H groups in total. The zero-order chi connectivity index (χ0) is 10.4. The molecule has 82 valence electrons. The molecule has 3 unspecified atom stereocenters. The number of nitrogens with zero attached hydrogens (tertiary/aromatic N) is 3. The van der Waals surface area contributed by atoms with Crippen LogP contribution in [0, 0.1) is 18.8 Å². The van der Waals surface area contributed by atoms with E-state index >= 15 is 0 Å². The predicted octanol–water partition coefficient (Wildman–Crippen LogP) is 1.05. The van der Waals surface area contributed by atoms with Crippen LogP contribution in [0.5, 0.6) is 0 Å². The number of aliphatic hydroxyl groups is 1. The molecule has 3 atom stereocenters. The molecule has 4 nitrogen and oxygen atoms in total. The van der Waals surface area contributed by atoms with Gasteiger partial charge in [-0.25, -0.2) is 4.98 Å². The molecule has 0 spiro atoms. The van der Waals surface area contributed by atoms with Crippen LogP contribution in [0.15, 0.2) is 0 Å². The van der Waals surface area contributed by atoms with Crippen molar-refractivity contribution in [3.8, 4) is 0 Å². The van der Waals surface area contributed by atoms with Crippen LogP contribution in [0.3, 0.4) is 0 Å². The first-order chi connectivity index (χ1) is 7.24. The summed E-state index contributed by atoms with van der Waals surface area (Å²) in [7, 11) is 0. The first kappa shape index (κ1) is 9.54. The lowest BCUT2D eigenvalue weighted by Gasteiger charge is -2.16. The molecule has 0 aromatic carbocycles. The Labute approximate surface area is 93.1 Å². The van der Waals surface area contributed by atoms with Crippen molar-refractivity contribution in [2.45, 2.75) is 25.9 Å². The molecule has 2 aliphatic rings. The van der Waals surface area contributed by atoms with Crippen LogP contribution >= 0.6 is 11.5 Å². The Morgan fingerprint density at radius 2 is 2.27 bits per heavy atom. The fraction of sp³-hybridized carbons (Fsp3) is 0.800.